The topological polar surface area (TPSA) is 74.5 Å². The maximum atomic E-state index is 6.02. The summed E-state index contributed by atoms with van der Waals surface area (Å²) in [5.74, 6) is 0.493. The molecule has 0 aliphatic rings. The van der Waals surface area contributed by atoms with Crippen molar-refractivity contribution in [3.63, 3.8) is 0 Å². The lowest BCUT2D eigenvalue weighted by Crippen LogP contribution is -2.15. The Balaban J connectivity index is 2.01. The van der Waals surface area contributed by atoms with Crippen molar-refractivity contribution in [3.8, 4) is 0 Å². The Morgan fingerprint density at radius 2 is 2.26 bits per heavy atom. The van der Waals surface area contributed by atoms with E-state index in [-0.39, 0.29) is 6.04 Å². The first-order valence-electron chi connectivity index (χ1n) is 6.22. The van der Waals surface area contributed by atoms with Crippen LogP contribution in [0.2, 0.25) is 0 Å². The number of imidazole rings is 1. The van der Waals surface area contributed by atoms with Crippen LogP contribution in [-0.4, -0.2) is 24.3 Å². The number of fused-ring (bicyclic) bond motifs is 1. The SMILES string of the molecule is Cc1cnc2c(c1)nc(N)n2C(C)Cn1cccn1. The molecule has 3 heterocycles. The molecule has 0 aliphatic carbocycles. The molecule has 3 aromatic heterocycles. The molecule has 2 N–H and O–H groups in total. The number of hydrogen-bond donors (Lipinski definition) is 1. The van der Waals surface area contributed by atoms with Gasteiger partial charge in [-0.3, -0.25) is 9.25 Å². The molecule has 0 fully saturated rings. The van der Waals surface area contributed by atoms with Crippen LogP contribution in [0.1, 0.15) is 18.5 Å². The molecule has 3 rings (SSSR count). The zero-order chi connectivity index (χ0) is 13.4. The highest BCUT2D eigenvalue weighted by Crippen LogP contribution is 2.22. The molecule has 0 bridgehead atoms. The molecule has 1 atom stereocenters. The van der Waals surface area contributed by atoms with Gasteiger partial charge in [-0.1, -0.05) is 0 Å². The van der Waals surface area contributed by atoms with Gasteiger partial charge in [0.1, 0.15) is 5.52 Å². The number of nitrogens with zero attached hydrogens (tertiary/aromatic N) is 5. The van der Waals surface area contributed by atoms with Crippen molar-refractivity contribution >= 4 is 17.1 Å². The fraction of sp³-hybridized carbons (Fsp3) is 0.308. The molecule has 0 radical (unpaired) electrons. The van der Waals surface area contributed by atoms with Gasteiger partial charge in [0.25, 0.3) is 0 Å². The summed E-state index contributed by atoms with van der Waals surface area (Å²) in [5, 5.41) is 4.21. The van der Waals surface area contributed by atoms with Gasteiger partial charge in [-0.2, -0.15) is 5.10 Å². The Kier molecular flexibility index (Phi) is 2.70. The van der Waals surface area contributed by atoms with E-state index in [1.807, 2.05) is 40.7 Å². The van der Waals surface area contributed by atoms with Crippen molar-refractivity contribution in [2.24, 2.45) is 0 Å². The second kappa shape index (κ2) is 4.38. The van der Waals surface area contributed by atoms with Gasteiger partial charge in [0.05, 0.1) is 12.6 Å². The Bertz CT molecular complexity index is 697. The lowest BCUT2D eigenvalue weighted by molar-refractivity contribution is 0.448. The van der Waals surface area contributed by atoms with Gasteiger partial charge in [0.15, 0.2) is 5.65 Å². The third-order valence-electron chi connectivity index (χ3n) is 3.15. The number of pyridine rings is 1. The quantitative estimate of drug-likeness (QED) is 0.775. The summed E-state index contributed by atoms with van der Waals surface area (Å²) >= 11 is 0. The second-order valence-electron chi connectivity index (χ2n) is 4.77. The number of hydrogen-bond acceptors (Lipinski definition) is 4. The molecule has 6 nitrogen and oxygen atoms in total. The largest absolute Gasteiger partial charge is 0.369 e. The molecule has 6 heteroatoms. The van der Waals surface area contributed by atoms with Gasteiger partial charge < -0.3 is 5.73 Å². The van der Waals surface area contributed by atoms with Gasteiger partial charge in [-0.05, 0) is 31.5 Å². The highest BCUT2D eigenvalue weighted by atomic mass is 15.3. The van der Waals surface area contributed by atoms with Crippen LogP contribution in [0.25, 0.3) is 11.2 Å². The average molecular weight is 256 g/mol. The third-order valence-corrected chi connectivity index (χ3v) is 3.15. The molecule has 0 saturated heterocycles. The molecule has 3 aromatic rings. The molecule has 0 aromatic carbocycles. The van der Waals surface area contributed by atoms with Crippen LogP contribution >= 0.6 is 0 Å². The number of rotatable bonds is 3. The van der Waals surface area contributed by atoms with Crippen LogP contribution < -0.4 is 5.73 Å². The van der Waals surface area contributed by atoms with Gasteiger partial charge in [-0.25, -0.2) is 9.97 Å². The Morgan fingerprint density at radius 3 is 3.00 bits per heavy atom. The summed E-state index contributed by atoms with van der Waals surface area (Å²) < 4.78 is 3.83. The second-order valence-corrected chi connectivity index (χ2v) is 4.77. The van der Waals surface area contributed by atoms with E-state index in [4.69, 9.17) is 5.73 Å². The Labute approximate surface area is 110 Å². The molecular weight excluding hydrogens is 240 g/mol. The third kappa shape index (κ3) is 2.05. The van der Waals surface area contributed by atoms with Gasteiger partial charge in [0, 0.05) is 18.6 Å². The summed E-state index contributed by atoms with van der Waals surface area (Å²) in [6.07, 6.45) is 5.54. The van der Waals surface area contributed by atoms with Crippen LogP contribution in [-0.2, 0) is 6.54 Å². The molecule has 98 valence electrons. The standard InChI is InChI=1S/C13H16N6/c1-9-6-11-12(15-7-9)19(13(14)17-11)10(2)8-18-5-3-4-16-18/h3-7,10H,8H2,1-2H3,(H2,14,17). The molecular formula is C13H16N6. The monoisotopic (exact) mass is 256 g/mol. The van der Waals surface area contributed by atoms with E-state index in [9.17, 15) is 0 Å². The predicted octanol–water partition coefficient (Wildman–Crippen LogP) is 1.78. The van der Waals surface area contributed by atoms with Crippen molar-refractivity contribution in [3.05, 3.63) is 36.3 Å². The first-order valence-corrected chi connectivity index (χ1v) is 6.22. The first-order chi connectivity index (χ1) is 9.15. The van der Waals surface area contributed by atoms with Crippen molar-refractivity contribution in [2.45, 2.75) is 26.4 Å². The van der Waals surface area contributed by atoms with Crippen LogP contribution in [0.4, 0.5) is 5.95 Å². The van der Waals surface area contributed by atoms with Crippen LogP contribution in [0, 0.1) is 6.92 Å². The van der Waals surface area contributed by atoms with E-state index < -0.39 is 0 Å². The van der Waals surface area contributed by atoms with E-state index in [1.165, 1.54) is 0 Å². The number of nitrogens with two attached hydrogens (primary N) is 1. The van der Waals surface area contributed by atoms with E-state index in [0.717, 1.165) is 23.3 Å². The van der Waals surface area contributed by atoms with Crippen LogP contribution in [0.5, 0.6) is 0 Å². The average Bonchev–Trinajstić information content (AvgIpc) is 2.95. The summed E-state index contributed by atoms with van der Waals surface area (Å²) in [7, 11) is 0. The summed E-state index contributed by atoms with van der Waals surface area (Å²) in [6, 6.07) is 4.04. The summed E-state index contributed by atoms with van der Waals surface area (Å²) in [6.45, 7) is 4.81. The van der Waals surface area contributed by atoms with Gasteiger partial charge in [0.2, 0.25) is 5.95 Å². The zero-order valence-corrected chi connectivity index (χ0v) is 11.0. The molecule has 0 amide bonds. The van der Waals surface area contributed by atoms with E-state index >= 15 is 0 Å². The van der Waals surface area contributed by atoms with E-state index in [2.05, 4.69) is 22.0 Å². The predicted molar refractivity (Wildman–Crippen MR) is 73.6 cm³/mol. The summed E-state index contributed by atoms with van der Waals surface area (Å²) in [4.78, 5) is 8.82. The molecule has 1 unspecified atom stereocenters. The maximum Gasteiger partial charge on any atom is 0.202 e. The lowest BCUT2D eigenvalue weighted by atomic mass is 10.3. The van der Waals surface area contributed by atoms with Gasteiger partial charge in [-0.15, -0.1) is 0 Å². The minimum atomic E-state index is 0.139. The zero-order valence-electron chi connectivity index (χ0n) is 11.0. The van der Waals surface area contributed by atoms with Crippen LogP contribution in [0.3, 0.4) is 0 Å². The van der Waals surface area contributed by atoms with Gasteiger partial charge >= 0.3 is 0 Å². The normalized spacial score (nSPS) is 12.9. The van der Waals surface area contributed by atoms with Crippen molar-refractivity contribution in [2.75, 3.05) is 5.73 Å². The number of anilines is 1. The lowest BCUT2D eigenvalue weighted by Gasteiger charge is -2.15. The Morgan fingerprint density at radius 1 is 1.42 bits per heavy atom. The van der Waals surface area contributed by atoms with E-state index in [1.54, 1.807) is 6.20 Å². The van der Waals surface area contributed by atoms with Crippen LogP contribution in [0.15, 0.2) is 30.7 Å². The Hall–Kier alpha value is -2.37. The molecule has 0 spiro atoms. The van der Waals surface area contributed by atoms with Crippen molar-refractivity contribution in [1.29, 1.82) is 0 Å². The fourth-order valence-corrected chi connectivity index (χ4v) is 2.30. The fourth-order valence-electron chi connectivity index (χ4n) is 2.30. The molecule has 0 saturated carbocycles. The highest BCUT2D eigenvalue weighted by molar-refractivity contribution is 5.74. The summed E-state index contributed by atoms with van der Waals surface area (Å²) in [5.41, 5.74) is 8.76. The smallest absolute Gasteiger partial charge is 0.202 e. The number of aromatic nitrogens is 5. The number of aryl methyl sites for hydroxylation is 1. The maximum absolute atomic E-state index is 6.02. The highest BCUT2D eigenvalue weighted by Gasteiger charge is 2.15. The minimum Gasteiger partial charge on any atom is -0.369 e. The number of nitrogen functional groups attached to an aromatic ring is 1. The van der Waals surface area contributed by atoms with Crippen molar-refractivity contribution in [1.82, 2.24) is 24.3 Å². The molecule has 0 aliphatic heterocycles. The van der Waals surface area contributed by atoms with Crippen molar-refractivity contribution < 1.29 is 0 Å². The molecule has 19 heavy (non-hydrogen) atoms. The van der Waals surface area contributed by atoms with E-state index in [0.29, 0.717) is 5.95 Å². The first kappa shape index (κ1) is 11.7. The minimum absolute atomic E-state index is 0.139.